The smallest absolute Gasteiger partial charge is 0.227 e. The summed E-state index contributed by atoms with van der Waals surface area (Å²) in [6.45, 7) is 4.75. The van der Waals surface area contributed by atoms with Gasteiger partial charge in [-0.1, -0.05) is 6.07 Å². The second kappa shape index (κ2) is 10.4. The van der Waals surface area contributed by atoms with E-state index in [0.717, 1.165) is 16.7 Å². The molecule has 1 amide bonds. The molecular formula is C29H34N4O7. The minimum Gasteiger partial charge on any atom is -0.493 e. The molecular weight excluding hydrogens is 516 g/mol. The molecule has 4 aliphatic rings. The van der Waals surface area contributed by atoms with Crippen molar-refractivity contribution in [3.8, 4) is 17.6 Å². The number of piperazine rings is 1. The van der Waals surface area contributed by atoms with Crippen LogP contribution < -0.4 is 14.8 Å². The number of carbonyl (C=O) groups excluding carboxylic acids is 4. The molecule has 5 rings (SSSR count). The third-order valence-corrected chi connectivity index (χ3v) is 8.85. The Balaban J connectivity index is 1.75. The Morgan fingerprint density at radius 2 is 1.88 bits per heavy atom. The van der Waals surface area contributed by atoms with Crippen LogP contribution in [-0.2, 0) is 30.3 Å². The number of ether oxygens (including phenoxy) is 3. The number of nitriles is 1. The molecule has 1 N–H and O–H groups in total. The quantitative estimate of drug-likeness (QED) is 0.310. The SMILES string of the molecule is COCOc1c(OC)c(C)cc2c1[C@@H]1C3CC4=C(C(=O)C(=O)C(C)C4=O)[C@H](CNC(C)=O)N3[C@@H](C#N)[C@H](C2)N1C. The van der Waals surface area contributed by atoms with Crippen molar-refractivity contribution in [1.82, 2.24) is 15.1 Å². The fourth-order valence-electron chi connectivity index (χ4n) is 7.15. The van der Waals surface area contributed by atoms with E-state index in [4.69, 9.17) is 14.2 Å². The summed E-state index contributed by atoms with van der Waals surface area (Å²) in [5, 5.41) is 13.3. The highest BCUT2D eigenvalue weighted by molar-refractivity contribution is 6.51. The second-order valence-electron chi connectivity index (χ2n) is 11.0. The molecule has 0 radical (unpaired) electrons. The first kappa shape index (κ1) is 28.0. The molecule has 2 unspecified atom stereocenters. The highest BCUT2D eigenvalue weighted by Crippen LogP contribution is 2.53. The van der Waals surface area contributed by atoms with Gasteiger partial charge < -0.3 is 19.5 Å². The maximum Gasteiger partial charge on any atom is 0.227 e. The van der Waals surface area contributed by atoms with Crippen LogP contribution in [0.1, 0.15) is 43.0 Å². The molecule has 1 aromatic rings. The van der Waals surface area contributed by atoms with Gasteiger partial charge >= 0.3 is 0 Å². The number of rotatable bonds is 6. The van der Waals surface area contributed by atoms with Crippen molar-refractivity contribution in [3.05, 3.63) is 33.9 Å². The van der Waals surface area contributed by atoms with Crippen LogP contribution in [-0.4, -0.2) is 91.8 Å². The molecule has 212 valence electrons. The second-order valence-corrected chi connectivity index (χ2v) is 11.0. The molecule has 1 aromatic carbocycles. The minimum atomic E-state index is -1.07. The predicted molar refractivity (Wildman–Crippen MR) is 142 cm³/mol. The molecule has 3 aliphatic heterocycles. The molecule has 0 saturated carbocycles. The maximum atomic E-state index is 13.5. The standard InChI is InChI=1S/C29H34N4O7/c1-13-7-16-8-18-20(10-30)33-19(24(32(18)4)22(16)29(28(13)39-6)40-12-38-5)9-17-23(21(33)11-31-15(3)34)27(37)26(36)14(2)25(17)35/h7,14,18-21,24H,8-9,11-12H2,1-6H3,(H,31,34)/t14?,18-,19?,20-,21-,24-/m0/s1. The average molecular weight is 551 g/mol. The molecule has 0 aromatic heterocycles. The van der Waals surface area contributed by atoms with Crippen molar-refractivity contribution < 1.29 is 33.4 Å². The zero-order valence-corrected chi connectivity index (χ0v) is 23.6. The fraction of sp³-hybridized carbons (Fsp3) is 0.552. The van der Waals surface area contributed by atoms with Crippen LogP contribution in [0.5, 0.6) is 11.5 Å². The zero-order valence-electron chi connectivity index (χ0n) is 23.6. The van der Waals surface area contributed by atoms with E-state index in [0.29, 0.717) is 23.5 Å². The number of hydrogen-bond acceptors (Lipinski definition) is 10. The topological polar surface area (TPSA) is 138 Å². The van der Waals surface area contributed by atoms with E-state index < -0.39 is 35.6 Å². The molecule has 11 nitrogen and oxygen atoms in total. The van der Waals surface area contributed by atoms with Crippen LogP contribution in [0, 0.1) is 24.2 Å². The fourth-order valence-corrected chi connectivity index (χ4v) is 7.15. The summed E-state index contributed by atoms with van der Waals surface area (Å²) in [4.78, 5) is 55.8. The van der Waals surface area contributed by atoms with Crippen LogP contribution in [0.15, 0.2) is 17.2 Å². The van der Waals surface area contributed by atoms with Crippen molar-refractivity contribution in [2.24, 2.45) is 5.92 Å². The first-order chi connectivity index (χ1) is 19.1. The lowest BCUT2D eigenvalue weighted by atomic mass is 9.68. The summed E-state index contributed by atoms with van der Waals surface area (Å²) in [6, 6.07) is 2.00. The van der Waals surface area contributed by atoms with E-state index in [1.54, 1.807) is 7.11 Å². The lowest BCUT2D eigenvalue weighted by Crippen LogP contribution is -2.71. The maximum absolute atomic E-state index is 13.5. The highest BCUT2D eigenvalue weighted by Gasteiger charge is 2.58. The van der Waals surface area contributed by atoms with Crippen LogP contribution in [0.25, 0.3) is 0 Å². The summed E-state index contributed by atoms with van der Waals surface area (Å²) in [5.74, 6) is -2.11. The van der Waals surface area contributed by atoms with E-state index in [2.05, 4.69) is 22.4 Å². The monoisotopic (exact) mass is 550 g/mol. The number of methoxy groups -OCH3 is 2. The number of nitrogens with one attached hydrogen (secondary N) is 1. The molecule has 1 saturated heterocycles. The molecule has 3 heterocycles. The van der Waals surface area contributed by atoms with Crippen LogP contribution in [0.2, 0.25) is 0 Å². The molecule has 6 atom stereocenters. The molecule has 11 heteroatoms. The largest absolute Gasteiger partial charge is 0.493 e. The number of ketones is 3. The number of likely N-dealkylation sites (N-methyl/N-ethyl adjacent to an activating group) is 1. The Hall–Kier alpha value is -3.59. The number of nitrogens with zero attached hydrogens (tertiary/aromatic N) is 3. The van der Waals surface area contributed by atoms with E-state index in [9.17, 15) is 24.4 Å². The van der Waals surface area contributed by atoms with E-state index in [1.165, 1.54) is 21.0 Å². The molecule has 1 aliphatic carbocycles. The Morgan fingerprint density at radius 1 is 1.15 bits per heavy atom. The van der Waals surface area contributed by atoms with Gasteiger partial charge in [0.25, 0.3) is 0 Å². The number of fused-ring (bicyclic) bond motifs is 6. The Labute approximate surface area is 233 Å². The number of amides is 1. The lowest BCUT2D eigenvalue weighted by Gasteiger charge is -2.60. The van der Waals surface area contributed by atoms with Gasteiger partial charge in [-0.2, -0.15) is 5.26 Å². The third-order valence-electron chi connectivity index (χ3n) is 8.85. The summed E-state index contributed by atoms with van der Waals surface area (Å²) in [7, 11) is 5.07. The number of Topliss-reactive ketones (excluding diaryl/α,β-unsaturated/α-hetero) is 3. The van der Waals surface area contributed by atoms with Crippen LogP contribution in [0.3, 0.4) is 0 Å². The lowest BCUT2D eigenvalue weighted by molar-refractivity contribution is -0.143. The van der Waals surface area contributed by atoms with Crippen LogP contribution >= 0.6 is 0 Å². The van der Waals surface area contributed by atoms with Gasteiger partial charge in [-0.05, 0) is 44.9 Å². The van der Waals surface area contributed by atoms with Gasteiger partial charge in [-0.15, -0.1) is 0 Å². The molecule has 1 fully saturated rings. The Bertz CT molecular complexity index is 1380. The van der Waals surface area contributed by atoms with E-state index in [-0.39, 0.29) is 49.1 Å². The molecule has 2 bridgehead atoms. The van der Waals surface area contributed by atoms with Gasteiger partial charge in [0.2, 0.25) is 17.5 Å². The van der Waals surface area contributed by atoms with Gasteiger partial charge in [-0.3, -0.25) is 29.0 Å². The first-order valence-corrected chi connectivity index (χ1v) is 13.4. The van der Waals surface area contributed by atoms with Crippen molar-refractivity contribution in [1.29, 1.82) is 5.26 Å². The third kappa shape index (κ3) is 4.05. The van der Waals surface area contributed by atoms with Gasteiger partial charge in [-0.25, -0.2) is 0 Å². The first-order valence-electron chi connectivity index (χ1n) is 13.4. The molecule has 0 spiro atoms. The van der Waals surface area contributed by atoms with E-state index >= 15 is 0 Å². The van der Waals surface area contributed by atoms with Gasteiger partial charge in [0.1, 0.15) is 6.04 Å². The van der Waals surface area contributed by atoms with Gasteiger partial charge in [0.15, 0.2) is 24.1 Å². The molecule has 40 heavy (non-hydrogen) atoms. The van der Waals surface area contributed by atoms with Crippen molar-refractivity contribution >= 4 is 23.3 Å². The summed E-state index contributed by atoms with van der Waals surface area (Å²) in [6.07, 6.45) is 0.701. The van der Waals surface area contributed by atoms with Gasteiger partial charge in [0, 0.05) is 49.4 Å². The van der Waals surface area contributed by atoms with Crippen molar-refractivity contribution in [2.75, 3.05) is 34.6 Å². The zero-order chi connectivity index (χ0) is 29.0. The predicted octanol–water partition coefficient (Wildman–Crippen LogP) is 1.02. The Morgan fingerprint density at radius 3 is 2.50 bits per heavy atom. The minimum absolute atomic E-state index is 0.00557. The number of carbonyl (C=O) groups is 4. The Kier molecular flexibility index (Phi) is 7.29. The van der Waals surface area contributed by atoms with Crippen molar-refractivity contribution in [2.45, 2.75) is 63.8 Å². The summed E-state index contributed by atoms with van der Waals surface area (Å²) < 4.78 is 17.1. The highest BCUT2D eigenvalue weighted by atomic mass is 16.7. The number of hydrogen-bond donors (Lipinski definition) is 1. The number of aryl methyl sites for hydroxylation is 1. The number of benzene rings is 1. The summed E-state index contributed by atoms with van der Waals surface area (Å²) >= 11 is 0. The summed E-state index contributed by atoms with van der Waals surface area (Å²) in [5.41, 5.74) is 3.20. The average Bonchev–Trinajstić information content (AvgIpc) is 2.92. The van der Waals surface area contributed by atoms with Crippen molar-refractivity contribution in [3.63, 3.8) is 0 Å². The van der Waals surface area contributed by atoms with Crippen LogP contribution in [0.4, 0.5) is 0 Å². The van der Waals surface area contributed by atoms with E-state index in [1.807, 2.05) is 18.9 Å². The normalized spacial score (nSPS) is 29.8. The van der Waals surface area contributed by atoms with Gasteiger partial charge in [0.05, 0.1) is 31.2 Å².